The molecule has 6 nitrogen and oxygen atoms in total. The van der Waals surface area contributed by atoms with E-state index in [0.29, 0.717) is 0 Å². The first-order valence-corrected chi connectivity index (χ1v) is 5.19. The average Bonchev–Trinajstić information content (AvgIpc) is 2.70. The zero-order chi connectivity index (χ0) is 12.8. The van der Waals surface area contributed by atoms with Crippen molar-refractivity contribution in [3.05, 3.63) is 23.1 Å². The summed E-state index contributed by atoms with van der Waals surface area (Å²) in [6, 6.07) is 2.87. The number of hydrogen-bond acceptors (Lipinski definition) is 4. The topological polar surface area (TPSA) is 88.8 Å². The van der Waals surface area contributed by atoms with Gasteiger partial charge in [-0.2, -0.15) is 0 Å². The summed E-state index contributed by atoms with van der Waals surface area (Å²) in [6.45, 7) is 0.0833. The maximum absolute atomic E-state index is 11.5. The predicted molar refractivity (Wildman–Crippen MR) is 59.1 cm³/mol. The van der Waals surface area contributed by atoms with Crippen LogP contribution >= 0.6 is 11.6 Å². The number of carboxylic acids is 1. The number of methoxy groups -OCH3 is 1. The van der Waals surface area contributed by atoms with Crippen molar-refractivity contribution in [2.75, 3.05) is 13.7 Å². The van der Waals surface area contributed by atoms with Gasteiger partial charge in [0.1, 0.15) is 0 Å². The predicted octanol–water partition coefficient (Wildman–Crippen LogP) is 1.15. The molecule has 0 saturated carbocycles. The first-order chi connectivity index (χ1) is 8.02. The third-order valence-electron chi connectivity index (χ3n) is 2.02. The van der Waals surface area contributed by atoms with Crippen molar-refractivity contribution in [2.45, 2.75) is 12.5 Å². The molecule has 7 heteroatoms. The van der Waals surface area contributed by atoms with Crippen LogP contribution in [0.25, 0.3) is 0 Å². The van der Waals surface area contributed by atoms with Gasteiger partial charge in [0, 0.05) is 13.7 Å². The fourth-order valence-electron chi connectivity index (χ4n) is 1.16. The fourth-order valence-corrected chi connectivity index (χ4v) is 1.31. The van der Waals surface area contributed by atoms with Crippen LogP contribution in [0.3, 0.4) is 0 Å². The average molecular weight is 262 g/mol. The molecule has 0 radical (unpaired) electrons. The van der Waals surface area contributed by atoms with Crippen molar-refractivity contribution in [2.24, 2.45) is 0 Å². The maximum Gasteiger partial charge on any atom is 0.306 e. The largest absolute Gasteiger partial charge is 0.481 e. The van der Waals surface area contributed by atoms with E-state index in [2.05, 4.69) is 5.32 Å². The smallest absolute Gasteiger partial charge is 0.306 e. The number of aliphatic carboxylic acids is 1. The molecule has 94 valence electrons. The summed E-state index contributed by atoms with van der Waals surface area (Å²) in [5.74, 6) is -1.39. The summed E-state index contributed by atoms with van der Waals surface area (Å²) in [5, 5.41) is 11.2. The minimum atomic E-state index is -0.993. The highest BCUT2D eigenvalue weighted by molar-refractivity contribution is 6.29. The van der Waals surface area contributed by atoms with Gasteiger partial charge in [0.2, 0.25) is 0 Å². The minimum Gasteiger partial charge on any atom is -0.481 e. The second-order valence-corrected chi connectivity index (χ2v) is 3.64. The number of furan rings is 1. The second kappa shape index (κ2) is 6.27. The van der Waals surface area contributed by atoms with Crippen LogP contribution in [0, 0.1) is 0 Å². The number of carbonyl (C=O) groups is 2. The van der Waals surface area contributed by atoms with Crippen LogP contribution in [0.1, 0.15) is 17.0 Å². The third kappa shape index (κ3) is 4.46. The van der Waals surface area contributed by atoms with E-state index in [1.54, 1.807) is 0 Å². The first kappa shape index (κ1) is 13.5. The Morgan fingerprint density at radius 3 is 2.76 bits per heavy atom. The summed E-state index contributed by atoms with van der Waals surface area (Å²) in [4.78, 5) is 22.0. The van der Waals surface area contributed by atoms with Gasteiger partial charge in [-0.1, -0.05) is 0 Å². The molecule has 0 fully saturated rings. The van der Waals surface area contributed by atoms with E-state index < -0.39 is 18.0 Å². The van der Waals surface area contributed by atoms with E-state index in [4.69, 9.17) is 25.9 Å². The Morgan fingerprint density at radius 2 is 2.29 bits per heavy atom. The normalized spacial score (nSPS) is 12.1. The molecule has 0 aliphatic heterocycles. The lowest BCUT2D eigenvalue weighted by atomic mass is 10.2. The fraction of sp³-hybridized carbons (Fsp3) is 0.400. The van der Waals surface area contributed by atoms with Crippen LogP contribution in [0.5, 0.6) is 0 Å². The number of carbonyl (C=O) groups excluding carboxylic acids is 1. The highest BCUT2D eigenvalue weighted by Gasteiger charge is 2.15. The van der Waals surface area contributed by atoms with Crippen molar-refractivity contribution in [1.29, 1.82) is 0 Å². The highest BCUT2D eigenvalue weighted by atomic mass is 35.5. The lowest BCUT2D eigenvalue weighted by Crippen LogP contribution is -2.34. The number of amides is 1. The molecule has 1 aromatic rings. The molecule has 1 aromatic heterocycles. The van der Waals surface area contributed by atoms with Crippen molar-refractivity contribution in [3.63, 3.8) is 0 Å². The van der Waals surface area contributed by atoms with Gasteiger partial charge in [0.25, 0.3) is 5.91 Å². The van der Waals surface area contributed by atoms with E-state index in [9.17, 15) is 9.59 Å². The number of ether oxygens (including phenoxy) is 1. The quantitative estimate of drug-likeness (QED) is 0.802. The third-order valence-corrected chi connectivity index (χ3v) is 2.23. The standard InChI is InChI=1S/C10H12ClNO5/c1-16-6(4-9(13)14)5-12-10(15)7-2-3-8(11)17-7/h2-3,6H,4-5H2,1H3,(H,12,15)(H,13,14). The molecule has 0 bridgehead atoms. The Hall–Kier alpha value is -1.53. The summed E-state index contributed by atoms with van der Waals surface area (Å²) in [6.07, 6.45) is -0.766. The molecule has 1 heterocycles. The van der Waals surface area contributed by atoms with Gasteiger partial charge in [0.15, 0.2) is 11.0 Å². The highest BCUT2D eigenvalue weighted by Crippen LogP contribution is 2.12. The van der Waals surface area contributed by atoms with Crippen molar-refractivity contribution < 1.29 is 23.8 Å². The van der Waals surface area contributed by atoms with Gasteiger partial charge in [-0.25, -0.2) is 0 Å². The van der Waals surface area contributed by atoms with Crippen LogP contribution in [-0.4, -0.2) is 36.7 Å². The van der Waals surface area contributed by atoms with E-state index in [1.165, 1.54) is 19.2 Å². The number of hydrogen-bond donors (Lipinski definition) is 2. The van der Waals surface area contributed by atoms with Crippen LogP contribution < -0.4 is 5.32 Å². The zero-order valence-corrected chi connectivity index (χ0v) is 9.86. The lowest BCUT2D eigenvalue weighted by Gasteiger charge is -2.13. The van der Waals surface area contributed by atoms with Crippen molar-refractivity contribution >= 4 is 23.5 Å². The molecule has 1 rings (SSSR count). The molecule has 0 aliphatic rings. The summed E-state index contributed by atoms with van der Waals surface area (Å²) < 4.78 is 9.79. The summed E-state index contributed by atoms with van der Waals surface area (Å²) in [5.41, 5.74) is 0. The molecular weight excluding hydrogens is 250 g/mol. The van der Waals surface area contributed by atoms with E-state index in [0.717, 1.165) is 0 Å². The Bertz CT molecular complexity index is 403. The van der Waals surface area contributed by atoms with E-state index in [1.807, 2.05) is 0 Å². The van der Waals surface area contributed by atoms with Gasteiger partial charge in [-0.05, 0) is 23.7 Å². The number of rotatable bonds is 6. The molecular formula is C10H12ClNO5. The van der Waals surface area contributed by atoms with E-state index >= 15 is 0 Å². The number of halogens is 1. The molecule has 1 amide bonds. The minimum absolute atomic E-state index is 0.0696. The van der Waals surface area contributed by atoms with Gasteiger partial charge < -0.3 is 19.6 Å². The van der Waals surface area contributed by atoms with Crippen LogP contribution in [0.15, 0.2) is 16.5 Å². The molecule has 0 aromatic carbocycles. The maximum atomic E-state index is 11.5. The van der Waals surface area contributed by atoms with Crippen LogP contribution in [0.2, 0.25) is 5.22 Å². The van der Waals surface area contributed by atoms with Crippen LogP contribution in [0.4, 0.5) is 0 Å². The Balaban J connectivity index is 2.44. The van der Waals surface area contributed by atoms with Crippen LogP contribution in [-0.2, 0) is 9.53 Å². The Labute approximate surface area is 102 Å². The Kier molecular flexibility index (Phi) is 4.99. The van der Waals surface area contributed by atoms with Crippen molar-refractivity contribution in [3.8, 4) is 0 Å². The molecule has 2 N–H and O–H groups in total. The monoisotopic (exact) mass is 261 g/mol. The molecule has 0 aliphatic carbocycles. The zero-order valence-electron chi connectivity index (χ0n) is 9.10. The molecule has 1 atom stereocenters. The molecule has 0 saturated heterocycles. The number of nitrogens with one attached hydrogen (secondary N) is 1. The number of carboxylic acid groups (broad SMARTS) is 1. The van der Waals surface area contributed by atoms with Gasteiger partial charge in [0.05, 0.1) is 12.5 Å². The van der Waals surface area contributed by atoms with Crippen molar-refractivity contribution in [1.82, 2.24) is 5.32 Å². The molecule has 1 unspecified atom stereocenters. The lowest BCUT2D eigenvalue weighted by molar-refractivity contribution is -0.139. The summed E-state index contributed by atoms with van der Waals surface area (Å²) in [7, 11) is 1.38. The Morgan fingerprint density at radius 1 is 1.59 bits per heavy atom. The second-order valence-electron chi connectivity index (χ2n) is 3.27. The van der Waals surface area contributed by atoms with E-state index in [-0.39, 0.29) is 23.9 Å². The summed E-state index contributed by atoms with van der Waals surface area (Å²) >= 11 is 5.51. The van der Waals surface area contributed by atoms with Gasteiger partial charge in [-0.3, -0.25) is 9.59 Å². The van der Waals surface area contributed by atoms with Gasteiger partial charge >= 0.3 is 5.97 Å². The first-order valence-electron chi connectivity index (χ1n) is 4.81. The molecule has 0 spiro atoms. The molecule has 17 heavy (non-hydrogen) atoms. The SMILES string of the molecule is COC(CNC(=O)c1ccc(Cl)o1)CC(=O)O. The van der Waals surface area contributed by atoms with Gasteiger partial charge in [-0.15, -0.1) is 0 Å².